The number of benzene rings is 1. The van der Waals surface area contributed by atoms with Crippen molar-refractivity contribution in [1.29, 1.82) is 0 Å². The van der Waals surface area contributed by atoms with Gasteiger partial charge in [-0.1, -0.05) is 18.2 Å². The van der Waals surface area contributed by atoms with Crippen molar-refractivity contribution in [2.45, 2.75) is 18.9 Å². The average molecular weight is 288 g/mol. The number of fused-ring (bicyclic) bond motifs is 1. The molecular formula is C16H20N2O3. The number of carbonyl (C=O) groups is 2. The molecule has 1 fully saturated rings. The van der Waals surface area contributed by atoms with Crippen LogP contribution in [0.3, 0.4) is 0 Å². The summed E-state index contributed by atoms with van der Waals surface area (Å²) in [6.45, 7) is 3.24. The fourth-order valence-corrected chi connectivity index (χ4v) is 3.63. The second-order valence-electron chi connectivity index (χ2n) is 5.74. The Morgan fingerprint density at radius 3 is 2.71 bits per heavy atom. The van der Waals surface area contributed by atoms with Gasteiger partial charge in [0.15, 0.2) is 5.78 Å². The SMILES string of the molecule is CCN1C(=O)c2ccccc2CC1(C(=O)CO)C1CNC1. The summed E-state index contributed by atoms with van der Waals surface area (Å²) in [4.78, 5) is 27.0. The van der Waals surface area contributed by atoms with Gasteiger partial charge in [-0.05, 0) is 18.6 Å². The Kier molecular flexibility index (Phi) is 3.55. The van der Waals surface area contributed by atoms with Crippen molar-refractivity contribution in [2.24, 2.45) is 5.92 Å². The fraction of sp³-hybridized carbons (Fsp3) is 0.500. The third kappa shape index (κ3) is 1.92. The van der Waals surface area contributed by atoms with Crippen LogP contribution >= 0.6 is 0 Å². The summed E-state index contributed by atoms with van der Waals surface area (Å²) in [5, 5.41) is 12.6. The molecule has 5 heteroatoms. The standard InChI is InChI=1S/C16H20N2O3/c1-2-18-15(21)13-6-4-3-5-11(13)7-16(18,14(20)10-19)12-8-17-9-12/h3-6,12,17,19H,2,7-10H2,1H3. The minimum atomic E-state index is -0.903. The second kappa shape index (κ2) is 5.24. The largest absolute Gasteiger partial charge is 0.388 e. The highest BCUT2D eigenvalue weighted by atomic mass is 16.3. The monoisotopic (exact) mass is 288 g/mol. The maximum atomic E-state index is 12.8. The van der Waals surface area contributed by atoms with E-state index in [4.69, 9.17) is 0 Å². The molecule has 0 aromatic heterocycles. The zero-order valence-corrected chi connectivity index (χ0v) is 12.1. The molecule has 1 aromatic rings. The van der Waals surface area contributed by atoms with Crippen molar-refractivity contribution in [2.75, 3.05) is 26.2 Å². The number of rotatable bonds is 4. The second-order valence-corrected chi connectivity index (χ2v) is 5.74. The van der Waals surface area contributed by atoms with Crippen molar-refractivity contribution in [3.63, 3.8) is 0 Å². The maximum Gasteiger partial charge on any atom is 0.254 e. The van der Waals surface area contributed by atoms with Gasteiger partial charge in [0.2, 0.25) is 0 Å². The molecule has 0 aliphatic carbocycles. The summed E-state index contributed by atoms with van der Waals surface area (Å²) in [6, 6.07) is 7.45. The number of aliphatic hydroxyl groups is 1. The van der Waals surface area contributed by atoms with E-state index >= 15 is 0 Å². The molecule has 0 bridgehead atoms. The summed E-state index contributed by atoms with van der Waals surface area (Å²) in [7, 11) is 0. The van der Waals surface area contributed by atoms with Crippen molar-refractivity contribution < 1.29 is 14.7 Å². The van der Waals surface area contributed by atoms with Gasteiger partial charge in [-0.15, -0.1) is 0 Å². The van der Waals surface area contributed by atoms with Gasteiger partial charge in [0.05, 0.1) is 0 Å². The van der Waals surface area contributed by atoms with E-state index in [9.17, 15) is 14.7 Å². The molecule has 2 heterocycles. The van der Waals surface area contributed by atoms with E-state index in [0.717, 1.165) is 5.56 Å². The first-order chi connectivity index (χ1) is 10.1. The van der Waals surface area contributed by atoms with Gasteiger partial charge in [0.1, 0.15) is 12.1 Å². The average Bonchev–Trinajstić information content (AvgIpc) is 2.45. The number of hydrogen-bond donors (Lipinski definition) is 2. The van der Waals surface area contributed by atoms with Crippen molar-refractivity contribution >= 4 is 11.7 Å². The fourth-order valence-electron chi connectivity index (χ4n) is 3.63. The van der Waals surface area contributed by atoms with E-state index < -0.39 is 12.1 Å². The number of amides is 1. The molecule has 2 aliphatic rings. The van der Waals surface area contributed by atoms with Crippen LogP contribution in [0, 0.1) is 5.92 Å². The Morgan fingerprint density at radius 2 is 2.14 bits per heavy atom. The van der Waals surface area contributed by atoms with Gasteiger partial charge in [-0.25, -0.2) is 0 Å². The van der Waals surface area contributed by atoms with E-state index in [0.29, 0.717) is 31.6 Å². The summed E-state index contributed by atoms with van der Waals surface area (Å²) < 4.78 is 0. The van der Waals surface area contributed by atoms with Gasteiger partial charge < -0.3 is 15.3 Å². The molecule has 1 atom stereocenters. The smallest absolute Gasteiger partial charge is 0.254 e. The van der Waals surface area contributed by atoms with E-state index in [2.05, 4.69) is 5.32 Å². The molecule has 3 rings (SSSR count). The van der Waals surface area contributed by atoms with Crippen LogP contribution in [-0.4, -0.2) is 53.5 Å². The first-order valence-electron chi connectivity index (χ1n) is 7.40. The quantitative estimate of drug-likeness (QED) is 0.832. The summed E-state index contributed by atoms with van der Waals surface area (Å²) >= 11 is 0. The summed E-state index contributed by atoms with van der Waals surface area (Å²) in [6.07, 6.45) is 0.495. The molecule has 2 N–H and O–H groups in total. The molecule has 1 amide bonds. The number of Topliss-reactive ketones (excluding diaryl/α,β-unsaturated/α-hetero) is 1. The lowest BCUT2D eigenvalue weighted by atomic mass is 9.68. The van der Waals surface area contributed by atoms with E-state index in [-0.39, 0.29) is 17.6 Å². The Bertz CT molecular complexity index is 583. The van der Waals surface area contributed by atoms with Crippen LogP contribution in [0.15, 0.2) is 24.3 Å². The molecule has 21 heavy (non-hydrogen) atoms. The Hall–Kier alpha value is -1.72. The predicted molar refractivity (Wildman–Crippen MR) is 78.0 cm³/mol. The van der Waals surface area contributed by atoms with Crippen LogP contribution in [0.25, 0.3) is 0 Å². The zero-order chi connectivity index (χ0) is 15.0. The van der Waals surface area contributed by atoms with Crippen LogP contribution in [0.5, 0.6) is 0 Å². The number of carbonyl (C=O) groups excluding carboxylic acids is 2. The lowest BCUT2D eigenvalue weighted by Gasteiger charge is -2.53. The van der Waals surface area contributed by atoms with Gasteiger partial charge in [-0.3, -0.25) is 9.59 Å². The van der Waals surface area contributed by atoms with Crippen LogP contribution < -0.4 is 5.32 Å². The van der Waals surface area contributed by atoms with Crippen molar-refractivity contribution in [3.05, 3.63) is 35.4 Å². The van der Waals surface area contributed by atoms with Gasteiger partial charge in [0, 0.05) is 37.5 Å². The number of hydrogen-bond acceptors (Lipinski definition) is 4. The molecule has 0 spiro atoms. The zero-order valence-electron chi connectivity index (χ0n) is 12.1. The molecule has 0 radical (unpaired) electrons. The van der Waals surface area contributed by atoms with Crippen LogP contribution in [0.4, 0.5) is 0 Å². The van der Waals surface area contributed by atoms with Gasteiger partial charge >= 0.3 is 0 Å². The minimum absolute atomic E-state index is 0.0643. The lowest BCUT2D eigenvalue weighted by Crippen LogP contribution is -2.71. The summed E-state index contributed by atoms with van der Waals surface area (Å²) in [5.74, 6) is -0.291. The third-order valence-electron chi connectivity index (χ3n) is 4.83. The van der Waals surface area contributed by atoms with Crippen LogP contribution in [0.2, 0.25) is 0 Å². The molecule has 0 saturated carbocycles. The first kappa shape index (κ1) is 14.2. The number of ketones is 1. The normalized spacial score (nSPS) is 25.4. The Labute approximate surface area is 123 Å². The van der Waals surface area contributed by atoms with Crippen LogP contribution in [0.1, 0.15) is 22.8 Å². The molecule has 5 nitrogen and oxygen atoms in total. The van der Waals surface area contributed by atoms with E-state index in [1.807, 2.05) is 31.2 Å². The van der Waals surface area contributed by atoms with Gasteiger partial charge in [0.25, 0.3) is 5.91 Å². The first-order valence-corrected chi connectivity index (χ1v) is 7.40. The highest BCUT2D eigenvalue weighted by molar-refractivity contribution is 6.03. The Morgan fingerprint density at radius 1 is 1.43 bits per heavy atom. The highest BCUT2D eigenvalue weighted by Crippen LogP contribution is 2.38. The molecule has 1 aromatic carbocycles. The van der Waals surface area contributed by atoms with Crippen LogP contribution in [-0.2, 0) is 11.2 Å². The highest BCUT2D eigenvalue weighted by Gasteiger charge is 2.55. The predicted octanol–water partition coefficient (Wildman–Crippen LogP) is 0.224. The van der Waals surface area contributed by atoms with E-state index in [1.165, 1.54) is 0 Å². The molecule has 112 valence electrons. The topological polar surface area (TPSA) is 69.6 Å². The molecule has 2 aliphatic heterocycles. The van der Waals surface area contributed by atoms with Crippen molar-refractivity contribution in [3.8, 4) is 0 Å². The minimum Gasteiger partial charge on any atom is -0.388 e. The van der Waals surface area contributed by atoms with Crippen molar-refractivity contribution in [1.82, 2.24) is 10.2 Å². The molecule has 1 unspecified atom stereocenters. The number of aliphatic hydroxyl groups excluding tert-OH is 1. The number of likely N-dealkylation sites (N-methyl/N-ethyl adjacent to an activating group) is 1. The maximum absolute atomic E-state index is 12.8. The number of nitrogens with one attached hydrogen (secondary N) is 1. The third-order valence-corrected chi connectivity index (χ3v) is 4.83. The number of nitrogens with zero attached hydrogens (tertiary/aromatic N) is 1. The Balaban J connectivity index is 2.14. The molecule has 1 saturated heterocycles. The van der Waals surface area contributed by atoms with E-state index in [1.54, 1.807) is 4.90 Å². The lowest BCUT2D eigenvalue weighted by molar-refractivity contribution is -0.138. The summed E-state index contributed by atoms with van der Waals surface area (Å²) in [5.41, 5.74) is 0.675. The molecular weight excluding hydrogens is 268 g/mol. The van der Waals surface area contributed by atoms with Gasteiger partial charge in [-0.2, -0.15) is 0 Å².